The van der Waals surface area contributed by atoms with Gasteiger partial charge in [-0.25, -0.2) is 14.8 Å². The molecule has 1 unspecified atom stereocenters. The van der Waals surface area contributed by atoms with E-state index >= 15 is 0 Å². The summed E-state index contributed by atoms with van der Waals surface area (Å²) in [5.74, 6) is 0.216. The van der Waals surface area contributed by atoms with E-state index in [9.17, 15) is 9.59 Å². The first-order valence-corrected chi connectivity index (χ1v) is 14.6. The van der Waals surface area contributed by atoms with E-state index in [-0.39, 0.29) is 17.6 Å². The maximum Gasteiger partial charge on any atom is 0.350 e. The van der Waals surface area contributed by atoms with Crippen LogP contribution in [0.3, 0.4) is 0 Å². The Morgan fingerprint density at radius 3 is 2.78 bits per heavy atom. The van der Waals surface area contributed by atoms with E-state index in [1.54, 1.807) is 24.6 Å². The molecule has 3 heterocycles. The zero-order chi connectivity index (χ0) is 25.2. The molecule has 0 saturated heterocycles. The Bertz CT molecular complexity index is 1430. The van der Waals surface area contributed by atoms with Crippen molar-refractivity contribution >= 4 is 62.2 Å². The first-order chi connectivity index (χ1) is 17.5. The third-order valence-electron chi connectivity index (χ3n) is 6.27. The summed E-state index contributed by atoms with van der Waals surface area (Å²) in [5, 5.41) is 4.82. The number of esters is 1. The Balaban J connectivity index is 1.40. The lowest BCUT2D eigenvalue weighted by Crippen LogP contribution is -2.18. The Hall–Kier alpha value is -2.75. The van der Waals surface area contributed by atoms with Crippen LogP contribution in [0.4, 0.5) is 5.69 Å². The highest BCUT2D eigenvalue weighted by atomic mass is 32.2. The Kier molecular flexibility index (Phi) is 7.41. The molecular formula is C27H27N3O3S3. The van der Waals surface area contributed by atoms with Crippen LogP contribution in [0.15, 0.2) is 41.7 Å². The predicted octanol–water partition coefficient (Wildman–Crippen LogP) is 6.76. The van der Waals surface area contributed by atoms with E-state index in [2.05, 4.69) is 41.3 Å². The average Bonchev–Trinajstić information content (AvgIpc) is 3.40. The van der Waals surface area contributed by atoms with Gasteiger partial charge in [-0.2, -0.15) is 0 Å². The molecule has 0 saturated carbocycles. The lowest BCUT2D eigenvalue weighted by atomic mass is 9.89. The normalized spacial score (nSPS) is 15.0. The molecule has 1 N–H and O–H groups in total. The lowest BCUT2D eigenvalue weighted by Gasteiger charge is -2.19. The number of thiophene rings is 2. The number of anilines is 1. The standard InChI is InChI=1S/C27H27N3O3S3/c1-4-33-27(32)24-23(18-11-10-15(2)12-19(18)36-24)30-20(31)13-34-25-22-21(17-8-6-5-7-9-17)16(3)35-26(22)29-14-28-25/h5-9,14-15H,4,10-13H2,1-3H3,(H,30,31). The summed E-state index contributed by atoms with van der Waals surface area (Å²) in [6.07, 6.45) is 4.39. The van der Waals surface area contributed by atoms with Gasteiger partial charge in [-0.1, -0.05) is 49.0 Å². The summed E-state index contributed by atoms with van der Waals surface area (Å²) in [4.78, 5) is 38.6. The van der Waals surface area contributed by atoms with E-state index in [4.69, 9.17) is 4.74 Å². The number of ether oxygens (including phenoxy) is 1. The monoisotopic (exact) mass is 537 g/mol. The number of rotatable bonds is 7. The van der Waals surface area contributed by atoms with Crippen LogP contribution < -0.4 is 5.32 Å². The second-order valence-corrected chi connectivity index (χ2v) is 12.1. The number of amides is 1. The molecule has 0 radical (unpaired) electrons. The largest absolute Gasteiger partial charge is 0.462 e. The number of benzene rings is 1. The maximum absolute atomic E-state index is 13.1. The molecule has 0 aliphatic heterocycles. The average molecular weight is 538 g/mol. The van der Waals surface area contributed by atoms with Crippen molar-refractivity contribution in [3.63, 3.8) is 0 Å². The van der Waals surface area contributed by atoms with Gasteiger partial charge < -0.3 is 10.1 Å². The van der Waals surface area contributed by atoms with Crippen LogP contribution in [0, 0.1) is 12.8 Å². The SMILES string of the molecule is CCOC(=O)c1sc2c(c1NC(=O)CSc1ncnc3sc(C)c(-c4ccccc4)c13)CCC(C)C2. The van der Waals surface area contributed by atoms with Crippen molar-refractivity contribution in [2.45, 2.75) is 45.1 Å². The highest BCUT2D eigenvalue weighted by molar-refractivity contribution is 8.00. The Labute approximate surface area is 222 Å². The van der Waals surface area contributed by atoms with E-state index in [1.807, 2.05) is 18.2 Å². The highest BCUT2D eigenvalue weighted by Crippen LogP contribution is 2.42. The van der Waals surface area contributed by atoms with Crippen molar-refractivity contribution in [1.29, 1.82) is 0 Å². The third-order valence-corrected chi connectivity index (χ3v) is 9.51. The maximum atomic E-state index is 13.1. The van der Waals surface area contributed by atoms with Gasteiger partial charge >= 0.3 is 5.97 Å². The van der Waals surface area contributed by atoms with Crippen LogP contribution in [0.5, 0.6) is 0 Å². The Morgan fingerprint density at radius 1 is 1.19 bits per heavy atom. The molecule has 186 valence electrons. The summed E-state index contributed by atoms with van der Waals surface area (Å²) in [5.41, 5.74) is 3.95. The number of thioether (sulfide) groups is 1. The van der Waals surface area contributed by atoms with Gasteiger partial charge in [0.2, 0.25) is 5.91 Å². The zero-order valence-electron chi connectivity index (χ0n) is 20.4. The van der Waals surface area contributed by atoms with Gasteiger partial charge in [0.05, 0.1) is 23.4 Å². The summed E-state index contributed by atoms with van der Waals surface area (Å²) < 4.78 is 5.29. The van der Waals surface area contributed by atoms with Crippen molar-refractivity contribution in [3.05, 3.63) is 56.9 Å². The molecule has 1 amide bonds. The van der Waals surface area contributed by atoms with Crippen LogP contribution in [-0.2, 0) is 22.4 Å². The third kappa shape index (κ3) is 4.92. The van der Waals surface area contributed by atoms with Gasteiger partial charge in [0.15, 0.2) is 0 Å². The molecule has 1 atom stereocenters. The molecule has 4 aromatic rings. The summed E-state index contributed by atoms with van der Waals surface area (Å²) in [6, 6.07) is 10.2. The number of nitrogens with zero attached hydrogens (tertiary/aromatic N) is 2. The number of hydrogen-bond donors (Lipinski definition) is 1. The minimum atomic E-state index is -0.369. The molecule has 0 bridgehead atoms. The fourth-order valence-electron chi connectivity index (χ4n) is 4.61. The second-order valence-electron chi connectivity index (χ2n) is 8.87. The number of fused-ring (bicyclic) bond motifs is 2. The highest BCUT2D eigenvalue weighted by Gasteiger charge is 2.28. The van der Waals surface area contributed by atoms with Gasteiger partial charge in [0.25, 0.3) is 0 Å². The number of carbonyl (C=O) groups is 2. The number of nitrogens with one attached hydrogen (secondary N) is 1. The van der Waals surface area contributed by atoms with Crippen molar-refractivity contribution in [1.82, 2.24) is 9.97 Å². The van der Waals surface area contributed by atoms with E-state index < -0.39 is 0 Å². The minimum Gasteiger partial charge on any atom is -0.462 e. The van der Waals surface area contributed by atoms with Gasteiger partial charge in [-0.3, -0.25) is 4.79 Å². The molecule has 36 heavy (non-hydrogen) atoms. The topological polar surface area (TPSA) is 81.2 Å². The molecule has 3 aromatic heterocycles. The molecular weight excluding hydrogens is 511 g/mol. The van der Waals surface area contributed by atoms with E-state index in [0.29, 0.717) is 23.1 Å². The van der Waals surface area contributed by atoms with E-state index in [1.165, 1.54) is 32.9 Å². The summed E-state index contributed by atoms with van der Waals surface area (Å²) in [6.45, 7) is 6.41. The van der Waals surface area contributed by atoms with E-state index in [0.717, 1.165) is 51.2 Å². The number of aromatic nitrogens is 2. The Morgan fingerprint density at radius 2 is 2.00 bits per heavy atom. The van der Waals surface area contributed by atoms with Crippen LogP contribution >= 0.6 is 34.4 Å². The molecule has 1 aliphatic carbocycles. The van der Waals surface area contributed by atoms with Crippen LogP contribution in [-0.4, -0.2) is 34.2 Å². The fraction of sp³-hybridized carbons (Fsp3) is 0.333. The predicted molar refractivity (Wildman–Crippen MR) is 148 cm³/mol. The van der Waals surface area contributed by atoms with Crippen LogP contribution in [0.25, 0.3) is 21.3 Å². The first kappa shape index (κ1) is 24.9. The fourth-order valence-corrected chi connectivity index (χ4v) is 7.85. The number of carbonyl (C=O) groups excluding carboxylic acids is 2. The molecule has 1 aliphatic rings. The quantitative estimate of drug-likeness (QED) is 0.159. The van der Waals surface area contributed by atoms with Gasteiger partial charge in [-0.05, 0) is 50.2 Å². The van der Waals surface area contributed by atoms with Gasteiger partial charge in [0.1, 0.15) is 21.1 Å². The van der Waals surface area contributed by atoms with Gasteiger partial charge in [-0.15, -0.1) is 22.7 Å². The van der Waals surface area contributed by atoms with Crippen molar-refractivity contribution in [2.75, 3.05) is 17.7 Å². The molecule has 9 heteroatoms. The molecule has 6 nitrogen and oxygen atoms in total. The smallest absolute Gasteiger partial charge is 0.350 e. The minimum absolute atomic E-state index is 0.162. The number of aryl methyl sites for hydroxylation is 1. The van der Waals surface area contributed by atoms with Crippen molar-refractivity contribution < 1.29 is 14.3 Å². The zero-order valence-corrected chi connectivity index (χ0v) is 22.9. The summed E-state index contributed by atoms with van der Waals surface area (Å²) in [7, 11) is 0. The van der Waals surface area contributed by atoms with Crippen molar-refractivity contribution in [2.24, 2.45) is 5.92 Å². The second kappa shape index (κ2) is 10.7. The lowest BCUT2D eigenvalue weighted by molar-refractivity contribution is -0.113. The number of hydrogen-bond acceptors (Lipinski definition) is 8. The van der Waals surface area contributed by atoms with Gasteiger partial charge in [0, 0.05) is 15.3 Å². The molecule has 0 fully saturated rings. The van der Waals surface area contributed by atoms with Crippen molar-refractivity contribution in [3.8, 4) is 11.1 Å². The molecule has 5 rings (SSSR count). The van der Waals surface area contributed by atoms with Crippen LogP contribution in [0.1, 0.15) is 45.3 Å². The molecule has 1 aromatic carbocycles. The summed E-state index contributed by atoms with van der Waals surface area (Å²) >= 11 is 4.49. The van der Waals surface area contributed by atoms with Crippen LogP contribution in [0.2, 0.25) is 0 Å². The molecule has 0 spiro atoms. The first-order valence-electron chi connectivity index (χ1n) is 12.0.